The predicted octanol–water partition coefficient (Wildman–Crippen LogP) is 2.32. The second-order valence-corrected chi connectivity index (χ2v) is 5.29. The molecule has 0 spiro atoms. The number of carbonyl (C=O) groups excluding carboxylic acids is 1. The normalized spacial score (nSPS) is 18.2. The first-order valence-corrected chi connectivity index (χ1v) is 7.22. The average molecular weight is 296 g/mol. The Morgan fingerprint density at radius 3 is 2.86 bits per heavy atom. The number of nitrogens with zero attached hydrogens (tertiary/aromatic N) is 2. The smallest absolute Gasteiger partial charge is 0.326 e. The molecule has 1 saturated heterocycles. The Kier molecular flexibility index (Phi) is 3.87. The fourth-order valence-corrected chi connectivity index (χ4v) is 2.71. The molecule has 5 heteroatoms. The summed E-state index contributed by atoms with van der Waals surface area (Å²) < 4.78 is 0. The molecule has 1 aliphatic rings. The van der Waals surface area contributed by atoms with Gasteiger partial charge in [-0.3, -0.25) is 4.79 Å². The topological polar surface area (TPSA) is 70.5 Å². The molecule has 1 aliphatic heterocycles. The second kappa shape index (κ2) is 5.97. The van der Waals surface area contributed by atoms with Crippen molar-refractivity contribution in [3.63, 3.8) is 0 Å². The Morgan fingerprint density at radius 1 is 1.23 bits per heavy atom. The molecular formula is C17H16N2O3. The number of aromatic nitrogens is 1. The van der Waals surface area contributed by atoms with Crippen molar-refractivity contribution in [3.05, 3.63) is 48.2 Å². The molecule has 1 N–H and O–H groups in total. The number of carbonyl (C=O) groups is 2. The van der Waals surface area contributed by atoms with Crippen molar-refractivity contribution in [2.75, 3.05) is 6.54 Å². The molecule has 0 bridgehead atoms. The molecule has 112 valence electrons. The first-order chi connectivity index (χ1) is 10.6. The predicted molar refractivity (Wildman–Crippen MR) is 83.1 cm³/mol. The highest BCUT2D eigenvalue weighted by Crippen LogP contribution is 2.18. The van der Waals surface area contributed by atoms with E-state index in [-0.39, 0.29) is 5.91 Å². The van der Waals surface area contributed by atoms with Gasteiger partial charge in [-0.05, 0) is 31.1 Å². The molecule has 2 aromatic rings. The number of carboxylic acids is 1. The van der Waals surface area contributed by atoms with Gasteiger partial charge in [-0.2, -0.15) is 0 Å². The van der Waals surface area contributed by atoms with Crippen molar-refractivity contribution in [2.45, 2.75) is 18.9 Å². The molecule has 1 aromatic heterocycles. The zero-order valence-corrected chi connectivity index (χ0v) is 12.0. The molecule has 1 amide bonds. The summed E-state index contributed by atoms with van der Waals surface area (Å²) in [7, 11) is 0. The number of carboxylic acid groups (broad SMARTS) is 1. The molecule has 22 heavy (non-hydrogen) atoms. The van der Waals surface area contributed by atoms with E-state index in [2.05, 4.69) is 4.98 Å². The maximum absolute atomic E-state index is 12.1. The third kappa shape index (κ3) is 2.83. The second-order valence-electron chi connectivity index (χ2n) is 5.29. The largest absolute Gasteiger partial charge is 0.480 e. The zero-order valence-electron chi connectivity index (χ0n) is 12.0. The minimum atomic E-state index is -0.942. The summed E-state index contributed by atoms with van der Waals surface area (Å²) in [6, 6.07) is 10.8. The van der Waals surface area contributed by atoms with Gasteiger partial charge in [-0.25, -0.2) is 9.78 Å². The number of pyridine rings is 1. The molecule has 0 unspecified atom stereocenters. The van der Waals surface area contributed by atoms with Crippen LogP contribution in [0.2, 0.25) is 0 Å². The first kappa shape index (κ1) is 14.3. The van der Waals surface area contributed by atoms with Crippen molar-refractivity contribution >= 4 is 28.9 Å². The van der Waals surface area contributed by atoms with Gasteiger partial charge in [0, 0.05) is 18.0 Å². The average Bonchev–Trinajstić information content (AvgIpc) is 3.02. The van der Waals surface area contributed by atoms with Crippen LogP contribution in [0.3, 0.4) is 0 Å². The fraction of sp³-hybridized carbons (Fsp3) is 0.235. The van der Waals surface area contributed by atoms with Gasteiger partial charge in [-0.15, -0.1) is 0 Å². The number of hydrogen-bond acceptors (Lipinski definition) is 3. The van der Waals surface area contributed by atoms with Gasteiger partial charge in [0.1, 0.15) is 6.04 Å². The lowest BCUT2D eigenvalue weighted by atomic mass is 10.2. The van der Waals surface area contributed by atoms with Gasteiger partial charge in [0.15, 0.2) is 0 Å². The molecule has 0 saturated carbocycles. The highest BCUT2D eigenvalue weighted by atomic mass is 16.4. The van der Waals surface area contributed by atoms with E-state index < -0.39 is 12.0 Å². The van der Waals surface area contributed by atoms with Crippen LogP contribution in [0.25, 0.3) is 17.0 Å². The molecule has 1 atom stereocenters. The molecular weight excluding hydrogens is 280 g/mol. The SMILES string of the molecule is O=C(O)[C@H]1CCCN1C(=O)/C=C/c1ccc2ccccc2n1. The molecule has 5 nitrogen and oxygen atoms in total. The highest BCUT2D eigenvalue weighted by Gasteiger charge is 2.32. The summed E-state index contributed by atoms with van der Waals surface area (Å²) in [5.41, 5.74) is 1.54. The van der Waals surface area contributed by atoms with Crippen molar-refractivity contribution in [3.8, 4) is 0 Å². The lowest BCUT2D eigenvalue weighted by Gasteiger charge is -2.19. The van der Waals surface area contributed by atoms with E-state index >= 15 is 0 Å². The van der Waals surface area contributed by atoms with Gasteiger partial charge >= 0.3 is 5.97 Å². The highest BCUT2D eigenvalue weighted by molar-refractivity contribution is 5.94. The number of aliphatic carboxylic acids is 1. The van der Waals surface area contributed by atoms with Crippen LogP contribution in [-0.2, 0) is 9.59 Å². The van der Waals surface area contributed by atoms with Crippen molar-refractivity contribution in [1.82, 2.24) is 9.88 Å². The van der Waals surface area contributed by atoms with E-state index in [1.54, 1.807) is 6.08 Å². The third-order valence-electron chi connectivity index (χ3n) is 3.84. The maximum Gasteiger partial charge on any atom is 0.326 e. The number of fused-ring (bicyclic) bond motifs is 1. The van der Waals surface area contributed by atoms with E-state index in [4.69, 9.17) is 5.11 Å². The Bertz CT molecular complexity index is 754. The summed E-state index contributed by atoms with van der Waals surface area (Å²) in [5.74, 6) is -1.22. The van der Waals surface area contributed by atoms with Crippen molar-refractivity contribution < 1.29 is 14.7 Å². The van der Waals surface area contributed by atoms with Crippen LogP contribution in [-0.4, -0.2) is 39.5 Å². The number of likely N-dealkylation sites (tertiary alicyclic amines) is 1. The van der Waals surface area contributed by atoms with E-state index in [9.17, 15) is 9.59 Å². The van der Waals surface area contributed by atoms with E-state index in [1.165, 1.54) is 11.0 Å². The quantitative estimate of drug-likeness (QED) is 0.882. The summed E-state index contributed by atoms with van der Waals surface area (Å²) in [4.78, 5) is 29.1. The Labute approximate surface area is 127 Å². The number of rotatable bonds is 3. The minimum absolute atomic E-state index is 0.278. The molecule has 0 radical (unpaired) electrons. The van der Waals surface area contributed by atoms with Crippen molar-refractivity contribution in [2.24, 2.45) is 0 Å². The maximum atomic E-state index is 12.1. The van der Waals surface area contributed by atoms with Gasteiger partial charge in [-0.1, -0.05) is 24.3 Å². The Balaban J connectivity index is 1.77. The van der Waals surface area contributed by atoms with E-state index in [0.717, 1.165) is 17.3 Å². The van der Waals surface area contributed by atoms with Crippen LogP contribution in [0.5, 0.6) is 0 Å². The number of hydrogen-bond donors (Lipinski definition) is 1. The van der Waals surface area contributed by atoms with Crippen LogP contribution in [0.1, 0.15) is 18.5 Å². The monoisotopic (exact) mass is 296 g/mol. The van der Waals surface area contributed by atoms with E-state index in [0.29, 0.717) is 18.7 Å². The number of amides is 1. The van der Waals surface area contributed by atoms with E-state index in [1.807, 2.05) is 36.4 Å². The van der Waals surface area contributed by atoms with Gasteiger partial charge in [0.25, 0.3) is 0 Å². The summed E-state index contributed by atoms with van der Waals surface area (Å²) in [6.45, 7) is 0.491. The van der Waals surface area contributed by atoms with Crippen molar-refractivity contribution in [1.29, 1.82) is 0 Å². The summed E-state index contributed by atoms with van der Waals surface area (Å²) in [5, 5.41) is 10.1. The standard InChI is InChI=1S/C17H16N2O3/c20-16(19-11-3-6-15(19)17(21)22)10-9-13-8-7-12-4-1-2-5-14(12)18-13/h1-2,4-5,7-10,15H,3,6,11H2,(H,21,22)/b10-9+/t15-/m1/s1. The summed E-state index contributed by atoms with van der Waals surface area (Å²) >= 11 is 0. The molecule has 0 aliphatic carbocycles. The fourth-order valence-electron chi connectivity index (χ4n) is 2.71. The minimum Gasteiger partial charge on any atom is -0.480 e. The molecule has 2 heterocycles. The van der Waals surface area contributed by atoms with Crippen LogP contribution >= 0.6 is 0 Å². The number of benzene rings is 1. The number of para-hydroxylation sites is 1. The Hall–Kier alpha value is -2.69. The summed E-state index contributed by atoms with van der Waals surface area (Å²) in [6.07, 6.45) is 4.28. The molecule has 1 aromatic carbocycles. The van der Waals surface area contributed by atoms with Crippen LogP contribution in [0.4, 0.5) is 0 Å². The van der Waals surface area contributed by atoms with Crippen LogP contribution in [0.15, 0.2) is 42.5 Å². The first-order valence-electron chi connectivity index (χ1n) is 7.22. The van der Waals surface area contributed by atoms with Gasteiger partial charge < -0.3 is 10.0 Å². The lowest BCUT2D eigenvalue weighted by Crippen LogP contribution is -2.39. The van der Waals surface area contributed by atoms with Gasteiger partial charge in [0.2, 0.25) is 5.91 Å². The van der Waals surface area contributed by atoms with Crippen LogP contribution < -0.4 is 0 Å². The molecule has 1 fully saturated rings. The van der Waals surface area contributed by atoms with Gasteiger partial charge in [0.05, 0.1) is 11.2 Å². The zero-order chi connectivity index (χ0) is 15.5. The third-order valence-corrected chi connectivity index (χ3v) is 3.84. The van der Waals surface area contributed by atoms with Crippen LogP contribution in [0, 0.1) is 0 Å². The molecule has 3 rings (SSSR count). The Morgan fingerprint density at radius 2 is 2.05 bits per heavy atom. The lowest BCUT2D eigenvalue weighted by molar-refractivity contribution is -0.146.